The number of rotatable bonds is 4. The number of esters is 1. The van der Waals surface area contributed by atoms with Crippen LogP contribution in [0.2, 0.25) is 0 Å². The SMILES string of the molecule is C=COC(C)(C)OC(=O)C1CCCCC1. The van der Waals surface area contributed by atoms with E-state index in [0.717, 1.165) is 25.7 Å². The van der Waals surface area contributed by atoms with Crippen LogP contribution in [-0.2, 0) is 14.3 Å². The Kier molecular flexibility index (Phi) is 4.18. The van der Waals surface area contributed by atoms with E-state index in [4.69, 9.17) is 9.47 Å². The molecule has 0 aromatic rings. The Morgan fingerprint density at radius 3 is 2.47 bits per heavy atom. The van der Waals surface area contributed by atoms with Crippen molar-refractivity contribution in [1.82, 2.24) is 0 Å². The summed E-state index contributed by atoms with van der Waals surface area (Å²) in [5.74, 6) is -0.969. The largest absolute Gasteiger partial charge is 0.461 e. The summed E-state index contributed by atoms with van der Waals surface area (Å²) in [5, 5.41) is 0. The van der Waals surface area contributed by atoms with Gasteiger partial charge < -0.3 is 9.47 Å². The molecule has 1 aliphatic rings. The summed E-state index contributed by atoms with van der Waals surface area (Å²) in [6.07, 6.45) is 6.68. The van der Waals surface area contributed by atoms with Crippen molar-refractivity contribution in [3.8, 4) is 0 Å². The monoisotopic (exact) mass is 212 g/mol. The Bertz CT molecular complexity index is 227. The van der Waals surface area contributed by atoms with Gasteiger partial charge in [-0.2, -0.15) is 0 Å². The summed E-state index contributed by atoms with van der Waals surface area (Å²) in [7, 11) is 0. The fraction of sp³-hybridized carbons (Fsp3) is 0.750. The smallest absolute Gasteiger partial charge is 0.312 e. The van der Waals surface area contributed by atoms with Crippen LogP contribution in [0.5, 0.6) is 0 Å². The van der Waals surface area contributed by atoms with Crippen LogP contribution in [0.3, 0.4) is 0 Å². The van der Waals surface area contributed by atoms with Crippen molar-refractivity contribution in [3.05, 3.63) is 12.8 Å². The molecule has 0 unspecified atom stereocenters. The molecule has 0 aliphatic heterocycles. The minimum absolute atomic E-state index is 0.0615. The molecule has 1 saturated carbocycles. The second-order valence-corrected chi connectivity index (χ2v) is 4.44. The standard InChI is InChI=1S/C12H20O3/c1-4-14-12(2,3)15-11(13)10-8-6-5-7-9-10/h4,10H,1,5-9H2,2-3H3. The Morgan fingerprint density at radius 1 is 1.33 bits per heavy atom. The van der Waals surface area contributed by atoms with Gasteiger partial charge in [-0.25, -0.2) is 0 Å². The molecule has 0 radical (unpaired) electrons. The summed E-state index contributed by atoms with van der Waals surface area (Å²) >= 11 is 0. The van der Waals surface area contributed by atoms with Crippen molar-refractivity contribution in [1.29, 1.82) is 0 Å². The highest BCUT2D eigenvalue weighted by molar-refractivity contribution is 5.72. The molecule has 86 valence electrons. The van der Waals surface area contributed by atoms with Crippen LogP contribution >= 0.6 is 0 Å². The molecule has 0 atom stereocenters. The highest BCUT2D eigenvalue weighted by atomic mass is 16.7. The van der Waals surface area contributed by atoms with E-state index in [1.54, 1.807) is 13.8 Å². The number of hydrogen-bond acceptors (Lipinski definition) is 3. The van der Waals surface area contributed by atoms with Crippen molar-refractivity contribution < 1.29 is 14.3 Å². The second kappa shape index (κ2) is 5.19. The van der Waals surface area contributed by atoms with Crippen LogP contribution in [0.25, 0.3) is 0 Å². The fourth-order valence-corrected chi connectivity index (χ4v) is 1.89. The van der Waals surface area contributed by atoms with E-state index in [-0.39, 0.29) is 11.9 Å². The number of carbonyl (C=O) groups excluding carboxylic acids is 1. The van der Waals surface area contributed by atoms with Crippen molar-refractivity contribution >= 4 is 5.97 Å². The molecular weight excluding hydrogens is 192 g/mol. The van der Waals surface area contributed by atoms with E-state index in [2.05, 4.69) is 6.58 Å². The Hall–Kier alpha value is -0.990. The zero-order valence-electron chi connectivity index (χ0n) is 9.62. The Balaban J connectivity index is 2.42. The van der Waals surface area contributed by atoms with Gasteiger partial charge in [-0.15, -0.1) is 0 Å². The average Bonchev–Trinajstić information content (AvgIpc) is 2.18. The minimum atomic E-state index is -0.893. The van der Waals surface area contributed by atoms with Gasteiger partial charge in [0.15, 0.2) is 0 Å². The lowest BCUT2D eigenvalue weighted by Crippen LogP contribution is -2.33. The van der Waals surface area contributed by atoms with Gasteiger partial charge in [0.05, 0.1) is 12.2 Å². The van der Waals surface area contributed by atoms with Gasteiger partial charge in [0.25, 0.3) is 0 Å². The maximum Gasteiger partial charge on any atom is 0.312 e. The molecule has 3 heteroatoms. The fourth-order valence-electron chi connectivity index (χ4n) is 1.89. The van der Waals surface area contributed by atoms with E-state index >= 15 is 0 Å². The van der Waals surface area contributed by atoms with E-state index in [9.17, 15) is 4.79 Å². The maximum absolute atomic E-state index is 11.8. The molecule has 0 aromatic heterocycles. The molecule has 0 N–H and O–H groups in total. The van der Waals surface area contributed by atoms with Gasteiger partial charge in [-0.05, 0) is 12.8 Å². The van der Waals surface area contributed by atoms with Gasteiger partial charge in [0, 0.05) is 13.8 Å². The summed E-state index contributed by atoms with van der Waals surface area (Å²) in [6, 6.07) is 0. The lowest BCUT2D eigenvalue weighted by molar-refractivity contribution is -0.202. The zero-order valence-corrected chi connectivity index (χ0v) is 9.62. The van der Waals surface area contributed by atoms with Gasteiger partial charge >= 0.3 is 5.97 Å². The summed E-state index contributed by atoms with van der Waals surface area (Å²) < 4.78 is 10.4. The predicted molar refractivity (Wildman–Crippen MR) is 58.0 cm³/mol. The summed E-state index contributed by atoms with van der Waals surface area (Å²) in [5.41, 5.74) is 0. The molecule has 0 bridgehead atoms. The quantitative estimate of drug-likeness (QED) is 0.408. The van der Waals surface area contributed by atoms with E-state index in [1.165, 1.54) is 12.7 Å². The highest BCUT2D eigenvalue weighted by Gasteiger charge is 2.29. The number of ether oxygens (including phenoxy) is 2. The first-order valence-corrected chi connectivity index (χ1v) is 5.57. The van der Waals surface area contributed by atoms with Gasteiger partial charge in [0.1, 0.15) is 0 Å². The van der Waals surface area contributed by atoms with Crippen LogP contribution < -0.4 is 0 Å². The molecule has 0 heterocycles. The molecule has 0 aromatic carbocycles. The molecule has 0 saturated heterocycles. The van der Waals surface area contributed by atoms with Crippen molar-refractivity contribution in [3.63, 3.8) is 0 Å². The average molecular weight is 212 g/mol. The lowest BCUT2D eigenvalue weighted by atomic mass is 9.89. The molecular formula is C12H20O3. The zero-order chi connectivity index (χ0) is 11.3. The third-order valence-electron chi connectivity index (χ3n) is 2.65. The van der Waals surface area contributed by atoms with Gasteiger partial charge in [-0.3, -0.25) is 4.79 Å². The Morgan fingerprint density at radius 2 is 1.93 bits per heavy atom. The van der Waals surface area contributed by atoms with Crippen LogP contribution in [0.1, 0.15) is 46.0 Å². The molecule has 15 heavy (non-hydrogen) atoms. The molecule has 1 rings (SSSR count). The minimum Gasteiger partial charge on any atom is -0.461 e. The van der Waals surface area contributed by atoms with Crippen LogP contribution in [0.4, 0.5) is 0 Å². The van der Waals surface area contributed by atoms with E-state index in [1.807, 2.05) is 0 Å². The molecule has 1 fully saturated rings. The summed E-state index contributed by atoms with van der Waals surface area (Å²) in [6.45, 7) is 6.89. The van der Waals surface area contributed by atoms with E-state index < -0.39 is 5.79 Å². The van der Waals surface area contributed by atoms with Gasteiger partial charge in [-0.1, -0.05) is 25.8 Å². The highest BCUT2D eigenvalue weighted by Crippen LogP contribution is 2.26. The van der Waals surface area contributed by atoms with Crippen molar-refractivity contribution in [2.24, 2.45) is 5.92 Å². The molecule has 3 nitrogen and oxygen atoms in total. The van der Waals surface area contributed by atoms with Crippen LogP contribution in [-0.4, -0.2) is 11.8 Å². The topological polar surface area (TPSA) is 35.5 Å². The third-order valence-corrected chi connectivity index (χ3v) is 2.65. The Labute approximate surface area is 91.4 Å². The normalized spacial score (nSPS) is 18.3. The predicted octanol–water partition coefficient (Wildman–Crippen LogP) is 3.01. The van der Waals surface area contributed by atoms with Crippen LogP contribution in [0, 0.1) is 5.92 Å². The molecule has 0 spiro atoms. The van der Waals surface area contributed by atoms with Gasteiger partial charge in [0.2, 0.25) is 5.79 Å². The third kappa shape index (κ3) is 3.94. The summed E-state index contributed by atoms with van der Waals surface area (Å²) in [4.78, 5) is 11.8. The first kappa shape index (κ1) is 12.1. The van der Waals surface area contributed by atoms with Crippen molar-refractivity contribution in [2.75, 3.05) is 0 Å². The van der Waals surface area contributed by atoms with Crippen molar-refractivity contribution in [2.45, 2.75) is 51.7 Å². The maximum atomic E-state index is 11.8. The first-order valence-electron chi connectivity index (χ1n) is 5.57. The first-order chi connectivity index (χ1) is 7.05. The lowest BCUT2D eigenvalue weighted by Gasteiger charge is -2.28. The molecule has 0 amide bonds. The number of carbonyl (C=O) groups is 1. The molecule has 1 aliphatic carbocycles. The number of hydrogen-bond donors (Lipinski definition) is 0. The van der Waals surface area contributed by atoms with Crippen LogP contribution in [0.15, 0.2) is 12.8 Å². The van der Waals surface area contributed by atoms with E-state index in [0.29, 0.717) is 0 Å². The second-order valence-electron chi connectivity index (χ2n) is 4.44.